The number of aliphatic hydroxyl groups excluding tert-OH is 2. The Kier molecular flexibility index (Phi) is 14.4. The van der Waals surface area contributed by atoms with Crippen LogP contribution in [0.5, 0.6) is 0 Å². The van der Waals surface area contributed by atoms with Gasteiger partial charge in [0.15, 0.2) is 29.1 Å². The third kappa shape index (κ3) is 9.10. The molecule has 1 heterocycles. The van der Waals surface area contributed by atoms with E-state index >= 15 is 4.39 Å². The molecule has 7 N–H and O–H groups in total. The molecular weight excluding hydrogens is 888 g/mol. The molecule has 7 rings (SSSR count). The lowest BCUT2D eigenvalue weighted by atomic mass is 9.44. The van der Waals surface area contributed by atoms with E-state index in [1.807, 2.05) is 37.3 Å². The molecule has 3 saturated carbocycles. The second-order valence-corrected chi connectivity index (χ2v) is 19.9. The van der Waals surface area contributed by atoms with E-state index in [-0.39, 0.29) is 38.0 Å². The van der Waals surface area contributed by atoms with Crippen LogP contribution >= 0.6 is 11.8 Å². The van der Waals surface area contributed by atoms with E-state index in [2.05, 4.69) is 21.3 Å². The van der Waals surface area contributed by atoms with Gasteiger partial charge in [-0.15, -0.1) is 0 Å². The molecule has 360 valence electrons. The summed E-state index contributed by atoms with van der Waals surface area (Å²) < 4.78 is 30.9. The molecule has 1 saturated heterocycles. The van der Waals surface area contributed by atoms with Crippen LogP contribution in [0.3, 0.4) is 0 Å². The van der Waals surface area contributed by atoms with Crippen molar-refractivity contribution in [3.8, 4) is 0 Å². The summed E-state index contributed by atoms with van der Waals surface area (Å²) in [6.45, 7) is 5.67. The number of ketones is 2. The number of aliphatic carboxylic acids is 1. The third-order valence-electron chi connectivity index (χ3n) is 14.9. The van der Waals surface area contributed by atoms with E-state index in [1.54, 1.807) is 37.5 Å². The highest BCUT2D eigenvalue weighted by molar-refractivity contribution is 7.99. The number of halogens is 1. The van der Waals surface area contributed by atoms with Gasteiger partial charge in [0.1, 0.15) is 18.7 Å². The van der Waals surface area contributed by atoms with E-state index < -0.39 is 112 Å². The van der Waals surface area contributed by atoms with Crippen molar-refractivity contribution in [1.82, 2.24) is 16.0 Å². The van der Waals surface area contributed by atoms with Gasteiger partial charge in [0.25, 0.3) is 0 Å². The van der Waals surface area contributed by atoms with Crippen LogP contribution in [0.2, 0.25) is 0 Å². The number of hydrogen-bond donors (Lipinski definition) is 7. The number of hydrogen-bond acceptors (Lipinski definition) is 12. The number of fused-ring (bicyclic) bond motifs is 7. The van der Waals surface area contributed by atoms with Crippen LogP contribution < -0.4 is 21.3 Å². The minimum atomic E-state index is -2.10. The Balaban J connectivity index is 0.932. The molecule has 2 aromatic rings. The highest BCUT2D eigenvalue weighted by Gasteiger charge is 2.79. The minimum Gasteiger partial charge on any atom is -0.481 e. The number of anilines is 1. The maximum Gasteiger partial charge on any atom is 0.305 e. The average Bonchev–Trinajstić information content (AvgIpc) is 3.79. The van der Waals surface area contributed by atoms with Crippen LogP contribution in [0.1, 0.15) is 89.2 Å². The highest BCUT2D eigenvalue weighted by Crippen LogP contribution is 2.72. The van der Waals surface area contributed by atoms with E-state index in [0.717, 1.165) is 22.9 Å². The molecule has 18 heteroatoms. The van der Waals surface area contributed by atoms with Gasteiger partial charge in [-0.25, -0.2) is 4.39 Å². The number of carbonyl (C=O) groups excluding carboxylic acids is 6. The molecule has 1 aliphatic heterocycles. The molecule has 0 bridgehead atoms. The molecule has 4 aliphatic carbocycles. The summed E-state index contributed by atoms with van der Waals surface area (Å²) in [7, 11) is 0. The second-order valence-electron chi connectivity index (χ2n) is 18.9. The van der Waals surface area contributed by atoms with E-state index in [9.17, 15) is 43.8 Å². The fourth-order valence-electron chi connectivity index (χ4n) is 11.4. The lowest BCUT2D eigenvalue weighted by Gasteiger charge is -2.62. The molecular formula is C49H59FN4O12S. The van der Waals surface area contributed by atoms with Gasteiger partial charge in [0.2, 0.25) is 23.6 Å². The Morgan fingerprint density at radius 2 is 1.67 bits per heavy atom. The maximum atomic E-state index is 17.7. The zero-order valence-corrected chi connectivity index (χ0v) is 39.0. The van der Waals surface area contributed by atoms with Gasteiger partial charge >= 0.3 is 5.97 Å². The Morgan fingerprint density at radius 1 is 0.955 bits per heavy atom. The first-order valence-corrected chi connectivity index (χ1v) is 23.9. The molecule has 4 amide bonds. The monoisotopic (exact) mass is 946 g/mol. The number of carboxylic acid groups (broad SMARTS) is 1. The number of amides is 4. The van der Waals surface area contributed by atoms with Gasteiger partial charge in [-0.3, -0.25) is 33.6 Å². The second kappa shape index (κ2) is 19.4. The van der Waals surface area contributed by atoms with Crippen molar-refractivity contribution in [3.05, 3.63) is 89.0 Å². The average molecular weight is 947 g/mol. The number of ether oxygens (including phenoxy) is 2. The Bertz CT molecular complexity index is 2380. The number of thioether (sulfide) groups is 1. The predicted octanol–water partition coefficient (Wildman–Crippen LogP) is 3.63. The van der Waals surface area contributed by atoms with Crippen molar-refractivity contribution >= 4 is 58.6 Å². The largest absolute Gasteiger partial charge is 0.481 e. The quantitative estimate of drug-likeness (QED) is 0.120. The summed E-state index contributed by atoms with van der Waals surface area (Å²) in [4.78, 5) is 87.7. The summed E-state index contributed by atoms with van der Waals surface area (Å²) in [5.74, 6) is -5.11. The molecule has 1 unspecified atom stereocenters. The predicted molar refractivity (Wildman–Crippen MR) is 244 cm³/mol. The number of rotatable bonds is 17. The standard InChI is InChI=1S/C49H59FN4O12S/c1-26(52-40(59)16-18-51-44(64)36(67-5)23-41(60)61)42(62)53-27(2)43(63)54-32-8-6-7-29(20-32)19-28-9-11-30(12-10-28)45-65-39-22-35-34-14-13-31-21-33(56)15-17-46(31,3)48(34,50)37(57)24-47(35,4)49(39,66-45)38(58)25-55/h6-12,15,17,20-21,26-27,34-37,39,45,55,57H,13-14,16,18-19,22-25H2,1-5H3,(H,51,64)(H,52,59)(H,53,62)(H,54,63)(H,60,61)/t26-,27-,34-,35-,36?,37-,39+,45+,46-,47-,48-,49+/m0/s1. The SMILES string of the molecule is CSC(CC(=O)O)C(=O)NCCC(=O)N[C@@H](C)C(=O)N[C@@H](C)C(=O)Nc1cccc(Cc2ccc([C@@H]3O[C@@H]4C[C@H]5[C@@H]6CCC7=CC(=O)C=C[C@]7(C)[C@@]6(F)[C@@H](O)C[C@]5(C)[C@]4(C(=O)CO)O3)cc2)c1. The van der Waals surface area contributed by atoms with E-state index in [4.69, 9.17) is 14.6 Å². The zero-order chi connectivity index (χ0) is 48.6. The number of carbonyl (C=O) groups is 7. The Labute approximate surface area is 392 Å². The molecule has 4 fully saturated rings. The first kappa shape index (κ1) is 49.6. The van der Waals surface area contributed by atoms with Crippen LogP contribution in [-0.4, -0.2) is 117 Å². The Morgan fingerprint density at radius 3 is 2.36 bits per heavy atom. The van der Waals surface area contributed by atoms with Gasteiger partial charge < -0.3 is 46.1 Å². The molecule has 0 radical (unpaired) electrons. The van der Waals surface area contributed by atoms with Crippen molar-refractivity contribution in [2.24, 2.45) is 22.7 Å². The van der Waals surface area contributed by atoms with Gasteiger partial charge in [0, 0.05) is 41.0 Å². The normalized spacial score (nSPS) is 31.7. The van der Waals surface area contributed by atoms with Crippen LogP contribution in [0.15, 0.2) is 72.3 Å². The number of alkyl halides is 1. The lowest BCUT2D eigenvalue weighted by Crippen LogP contribution is -2.69. The molecule has 67 heavy (non-hydrogen) atoms. The molecule has 0 aromatic heterocycles. The highest BCUT2D eigenvalue weighted by atomic mass is 32.2. The van der Waals surface area contributed by atoms with Crippen LogP contribution in [0, 0.1) is 22.7 Å². The Hall–Kier alpha value is -5.27. The number of aliphatic hydroxyl groups is 2. The first-order valence-electron chi connectivity index (χ1n) is 22.6. The minimum absolute atomic E-state index is 0.0530. The third-order valence-corrected chi connectivity index (χ3v) is 15.9. The van der Waals surface area contributed by atoms with Crippen molar-refractivity contribution in [1.29, 1.82) is 0 Å². The molecule has 16 nitrogen and oxygen atoms in total. The van der Waals surface area contributed by atoms with Crippen molar-refractivity contribution < 1.29 is 62.7 Å². The topological polar surface area (TPSA) is 247 Å². The maximum absolute atomic E-state index is 17.7. The van der Waals surface area contributed by atoms with Crippen molar-refractivity contribution in [2.45, 2.75) is 120 Å². The summed E-state index contributed by atoms with van der Waals surface area (Å²) in [6.07, 6.45) is 3.77. The fourth-order valence-corrected chi connectivity index (χ4v) is 12.0. The number of carboxylic acids is 1. The number of Topliss-reactive ketones (excluding diaryl/α,β-unsaturated/α-hetero) is 1. The zero-order valence-electron chi connectivity index (χ0n) is 38.1. The fraction of sp³-hybridized carbons (Fsp3) is 0.531. The van der Waals surface area contributed by atoms with Crippen LogP contribution in [-0.2, 0) is 49.5 Å². The number of nitrogens with one attached hydrogen (secondary N) is 4. The number of benzene rings is 2. The van der Waals surface area contributed by atoms with Gasteiger partial charge in [-0.1, -0.05) is 55.0 Å². The van der Waals surface area contributed by atoms with Gasteiger partial charge in [-0.05, 0) is 100 Å². The lowest BCUT2D eigenvalue weighted by molar-refractivity contribution is -0.231. The smallest absolute Gasteiger partial charge is 0.305 e. The first-order chi connectivity index (χ1) is 31.7. The molecule has 5 aliphatic rings. The van der Waals surface area contributed by atoms with Gasteiger partial charge in [-0.2, -0.15) is 11.8 Å². The molecule has 2 aromatic carbocycles. The molecule has 0 spiro atoms. The summed E-state index contributed by atoms with van der Waals surface area (Å²) >= 11 is 1.08. The summed E-state index contributed by atoms with van der Waals surface area (Å²) in [5.41, 5.74) is -2.46. The van der Waals surface area contributed by atoms with Crippen LogP contribution in [0.4, 0.5) is 10.1 Å². The van der Waals surface area contributed by atoms with E-state index in [0.29, 0.717) is 36.1 Å². The summed E-state index contributed by atoms with van der Waals surface area (Å²) in [5, 5.41) is 40.8. The van der Waals surface area contributed by atoms with Crippen molar-refractivity contribution in [3.63, 3.8) is 0 Å². The van der Waals surface area contributed by atoms with Crippen molar-refractivity contribution in [2.75, 3.05) is 24.7 Å². The van der Waals surface area contributed by atoms with Crippen LogP contribution in [0.25, 0.3) is 0 Å². The van der Waals surface area contributed by atoms with E-state index in [1.165, 1.54) is 26.0 Å². The van der Waals surface area contributed by atoms with Gasteiger partial charge in [0.05, 0.1) is 23.9 Å². The molecule has 12 atom stereocenters. The summed E-state index contributed by atoms with van der Waals surface area (Å²) in [6, 6.07) is 12.7. The number of allylic oxidation sites excluding steroid dienone is 4.